The molecular weight excluding hydrogens is 231 g/mol. The third-order valence-corrected chi connectivity index (χ3v) is 3.30. The number of likely N-dealkylation sites (N-methyl/N-ethyl adjacent to an activating group) is 1. The predicted molar refractivity (Wildman–Crippen MR) is 70.1 cm³/mol. The Morgan fingerprint density at radius 3 is 3.06 bits per heavy atom. The van der Waals surface area contributed by atoms with Crippen molar-refractivity contribution in [3.63, 3.8) is 0 Å². The molecule has 0 aromatic heterocycles. The number of nitrogens with zero attached hydrogens (tertiary/aromatic N) is 1. The largest absolute Gasteiger partial charge is 0.374 e. The number of aryl methyl sites for hydroxylation is 1. The van der Waals surface area contributed by atoms with Crippen molar-refractivity contribution in [3.8, 4) is 0 Å². The summed E-state index contributed by atoms with van der Waals surface area (Å²) in [6.45, 7) is 6.00. The van der Waals surface area contributed by atoms with Gasteiger partial charge in [-0.25, -0.2) is 4.39 Å². The second-order valence-electron chi connectivity index (χ2n) is 4.87. The summed E-state index contributed by atoms with van der Waals surface area (Å²) >= 11 is 0. The second kappa shape index (κ2) is 6.27. The van der Waals surface area contributed by atoms with Gasteiger partial charge >= 0.3 is 0 Å². The lowest BCUT2D eigenvalue weighted by Crippen LogP contribution is -2.45. The van der Waals surface area contributed by atoms with E-state index in [0.29, 0.717) is 5.56 Å². The molecule has 1 atom stereocenters. The Hall–Kier alpha value is -0.970. The first kappa shape index (κ1) is 13.5. The van der Waals surface area contributed by atoms with Gasteiger partial charge in [-0.15, -0.1) is 0 Å². The molecular formula is C14H21FN2O. The summed E-state index contributed by atoms with van der Waals surface area (Å²) in [5.74, 6) is -0.118. The highest BCUT2D eigenvalue weighted by atomic mass is 19.1. The van der Waals surface area contributed by atoms with Gasteiger partial charge < -0.3 is 10.1 Å². The van der Waals surface area contributed by atoms with Crippen molar-refractivity contribution >= 4 is 0 Å². The van der Waals surface area contributed by atoms with Crippen LogP contribution in [0.15, 0.2) is 18.2 Å². The Balaban J connectivity index is 1.93. The van der Waals surface area contributed by atoms with Crippen LogP contribution in [0.25, 0.3) is 0 Å². The molecule has 1 aliphatic heterocycles. The molecule has 1 N–H and O–H groups in total. The highest BCUT2D eigenvalue weighted by Gasteiger charge is 2.19. The Morgan fingerprint density at radius 1 is 1.50 bits per heavy atom. The molecule has 1 unspecified atom stereocenters. The van der Waals surface area contributed by atoms with Gasteiger partial charge in [-0.05, 0) is 31.2 Å². The van der Waals surface area contributed by atoms with Crippen LogP contribution in [0.4, 0.5) is 4.39 Å². The maximum Gasteiger partial charge on any atom is 0.126 e. The SMILES string of the molecule is CNCC1CN(Cc2ccc(C)c(F)c2)CCO1. The van der Waals surface area contributed by atoms with Crippen molar-refractivity contribution in [2.24, 2.45) is 0 Å². The van der Waals surface area contributed by atoms with Crippen LogP contribution in [0.5, 0.6) is 0 Å². The minimum atomic E-state index is -0.118. The predicted octanol–water partition coefficient (Wildman–Crippen LogP) is 1.55. The lowest BCUT2D eigenvalue weighted by atomic mass is 10.1. The molecule has 0 amide bonds. The van der Waals surface area contributed by atoms with Gasteiger partial charge in [-0.1, -0.05) is 12.1 Å². The number of morpholine rings is 1. The zero-order chi connectivity index (χ0) is 13.0. The fraction of sp³-hybridized carbons (Fsp3) is 0.571. The molecule has 1 fully saturated rings. The van der Waals surface area contributed by atoms with E-state index in [1.807, 2.05) is 19.2 Å². The maximum absolute atomic E-state index is 13.5. The zero-order valence-electron chi connectivity index (χ0n) is 11.1. The molecule has 1 aliphatic rings. The topological polar surface area (TPSA) is 24.5 Å². The molecule has 1 heterocycles. The first-order valence-electron chi connectivity index (χ1n) is 6.42. The monoisotopic (exact) mass is 252 g/mol. The van der Waals surface area contributed by atoms with Crippen molar-refractivity contribution in [1.29, 1.82) is 0 Å². The normalized spacial score (nSPS) is 21.2. The highest BCUT2D eigenvalue weighted by Crippen LogP contribution is 2.13. The Bertz CT molecular complexity index is 395. The third kappa shape index (κ3) is 3.51. The molecule has 0 radical (unpaired) electrons. The van der Waals surface area contributed by atoms with E-state index in [1.54, 1.807) is 13.0 Å². The summed E-state index contributed by atoms with van der Waals surface area (Å²) < 4.78 is 19.1. The maximum atomic E-state index is 13.5. The molecule has 0 aliphatic carbocycles. The molecule has 3 nitrogen and oxygen atoms in total. The highest BCUT2D eigenvalue weighted by molar-refractivity contribution is 5.23. The van der Waals surface area contributed by atoms with Crippen molar-refractivity contribution < 1.29 is 9.13 Å². The van der Waals surface area contributed by atoms with Gasteiger partial charge in [0, 0.05) is 26.2 Å². The average Bonchev–Trinajstić information content (AvgIpc) is 2.35. The third-order valence-electron chi connectivity index (χ3n) is 3.30. The Kier molecular flexibility index (Phi) is 4.69. The summed E-state index contributed by atoms with van der Waals surface area (Å²) in [6.07, 6.45) is 0.235. The smallest absolute Gasteiger partial charge is 0.126 e. The van der Waals surface area contributed by atoms with Gasteiger partial charge in [0.25, 0.3) is 0 Å². The lowest BCUT2D eigenvalue weighted by Gasteiger charge is -2.32. The molecule has 100 valence electrons. The first-order chi connectivity index (χ1) is 8.69. The van der Waals surface area contributed by atoms with Gasteiger partial charge in [-0.3, -0.25) is 4.90 Å². The van der Waals surface area contributed by atoms with Gasteiger partial charge in [0.15, 0.2) is 0 Å². The van der Waals surface area contributed by atoms with Crippen LogP contribution in [-0.4, -0.2) is 44.3 Å². The van der Waals surface area contributed by atoms with Crippen LogP contribution >= 0.6 is 0 Å². The summed E-state index contributed by atoms with van der Waals surface area (Å²) in [5, 5.41) is 3.13. The molecule has 0 spiro atoms. The number of nitrogens with one attached hydrogen (secondary N) is 1. The van der Waals surface area contributed by atoms with E-state index in [-0.39, 0.29) is 11.9 Å². The van der Waals surface area contributed by atoms with E-state index >= 15 is 0 Å². The van der Waals surface area contributed by atoms with Crippen molar-refractivity contribution in [2.75, 3.05) is 33.3 Å². The van der Waals surface area contributed by atoms with Crippen LogP contribution in [0.3, 0.4) is 0 Å². The summed E-state index contributed by atoms with van der Waals surface area (Å²) in [6, 6.07) is 5.48. The lowest BCUT2D eigenvalue weighted by molar-refractivity contribution is -0.0291. The number of hydrogen-bond acceptors (Lipinski definition) is 3. The van der Waals surface area contributed by atoms with Crippen molar-refractivity contribution in [2.45, 2.75) is 19.6 Å². The summed E-state index contributed by atoms with van der Waals surface area (Å²) in [4.78, 5) is 2.32. The standard InChI is InChI=1S/C14H21FN2O/c1-11-3-4-12(7-14(11)15)9-17-5-6-18-13(10-17)8-16-2/h3-4,7,13,16H,5-6,8-10H2,1-2H3. The van der Waals surface area contributed by atoms with Crippen LogP contribution in [0.1, 0.15) is 11.1 Å². The Morgan fingerprint density at radius 2 is 2.33 bits per heavy atom. The quantitative estimate of drug-likeness (QED) is 0.880. The number of ether oxygens (including phenoxy) is 1. The van der Waals surface area contributed by atoms with Crippen LogP contribution in [0.2, 0.25) is 0 Å². The first-order valence-corrected chi connectivity index (χ1v) is 6.42. The molecule has 1 saturated heterocycles. The van der Waals surface area contributed by atoms with Gasteiger partial charge in [0.1, 0.15) is 5.82 Å². The summed E-state index contributed by atoms with van der Waals surface area (Å²) in [7, 11) is 1.93. The molecule has 0 bridgehead atoms. The minimum absolute atomic E-state index is 0.118. The molecule has 2 rings (SSSR count). The van der Waals surface area contributed by atoms with Crippen molar-refractivity contribution in [3.05, 3.63) is 35.1 Å². The van der Waals surface area contributed by atoms with Crippen LogP contribution in [0, 0.1) is 12.7 Å². The van der Waals surface area contributed by atoms with E-state index in [4.69, 9.17) is 4.74 Å². The van der Waals surface area contributed by atoms with Crippen molar-refractivity contribution in [1.82, 2.24) is 10.2 Å². The molecule has 18 heavy (non-hydrogen) atoms. The van der Waals surface area contributed by atoms with E-state index in [0.717, 1.165) is 38.3 Å². The number of hydrogen-bond donors (Lipinski definition) is 1. The van der Waals surface area contributed by atoms with E-state index in [9.17, 15) is 4.39 Å². The van der Waals surface area contributed by atoms with E-state index in [1.165, 1.54) is 0 Å². The van der Waals surface area contributed by atoms with E-state index in [2.05, 4.69) is 10.2 Å². The second-order valence-corrected chi connectivity index (χ2v) is 4.87. The van der Waals surface area contributed by atoms with Crippen LogP contribution in [-0.2, 0) is 11.3 Å². The molecule has 1 aromatic carbocycles. The molecule has 4 heteroatoms. The van der Waals surface area contributed by atoms with Gasteiger partial charge in [0.2, 0.25) is 0 Å². The van der Waals surface area contributed by atoms with Crippen LogP contribution < -0.4 is 5.32 Å². The molecule has 0 saturated carbocycles. The fourth-order valence-electron chi connectivity index (χ4n) is 2.27. The fourth-order valence-corrected chi connectivity index (χ4v) is 2.27. The number of benzene rings is 1. The summed E-state index contributed by atoms with van der Waals surface area (Å²) in [5.41, 5.74) is 1.73. The Labute approximate surface area is 108 Å². The van der Waals surface area contributed by atoms with Gasteiger partial charge in [-0.2, -0.15) is 0 Å². The van der Waals surface area contributed by atoms with Gasteiger partial charge in [0.05, 0.1) is 12.7 Å². The number of rotatable bonds is 4. The average molecular weight is 252 g/mol. The minimum Gasteiger partial charge on any atom is -0.374 e. The number of halogens is 1. The zero-order valence-corrected chi connectivity index (χ0v) is 11.1. The molecule has 1 aromatic rings. The van der Waals surface area contributed by atoms with E-state index < -0.39 is 0 Å².